The second kappa shape index (κ2) is 5.57. The van der Waals surface area contributed by atoms with Crippen LogP contribution in [0.2, 0.25) is 0 Å². The van der Waals surface area contributed by atoms with Gasteiger partial charge in [0.05, 0.1) is 10.6 Å². The number of sulfonamides is 1. The maximum atomic E-state index is 12.9. The number of hydrogen-bond acceptors (Lipinski definition) is 3. The summed E-state index contributed by atoms with van der Waals surface area (Å²) in [6.07, 6.45) is 5.09. The van der Waals surface area contributed by atoms with Crippen molar-refractivity contribution in [2.24, 2.45) is 0 Å². The van der Waals surface area contributed by atoms with Crippen LogP contribution in [0.15, 0.2) is 35.2 Å². The van der Waals surface area contributed by atoms with Crippen molar-refractivity contribution in [1.82, 2.24) is 4.72 Å². The van der Waals surface area contributed by atoms with Gasteiger partial charge in [0.1, 0.15) is 0 Å². The first-order valence-electron chi connectivity index (χ1n) is 8.35. The fourth-order valence-electron chi connectivity index (χ4n) is 3.85. The average Bonchev–Trinajstić information content (AvgIpc) is 2.82. The molecule has 2 aliphatic rings. The van der Waals surface area contributed by atoms with Crippen molar-refractivity contribution in [2.45, 2.75) is 43.0 Å². The molecule has 0 saturated heterocycles. The Morgan fingerprint density at radius 1 is 1.08 bits per heavy atom. The molecule has 1 aliphatic carbocycles. The molecule has 1 aliphatic heterocycles. The molecule has 5 nitrogen and oxygen atoms in total. The van der Waals surface area contributed by atoms with Crippen molar-refractivity contribution in [1.29, 1.82) is 0 Å². The molecule has 0 atom stereocenters. The first-order chi connectivity index (χ1) is 11.5. The number of nitrogens with zero attached hydrogens (tertiary/aromatic N) is 1. The molecule has 24 heavy (non-hydrogen) atoms. The van der Waals surface area contributed by atoms with Gasteiger partial charge in [0, 0.05) is 29.4 Å². The van der Waals surface area contributed by atoms with Crippen molar-refractivity contribution in [3.05, 3.63) is 35.9 Å². The summed E-state index contributed by atoms with van der Waals surface area (Å²) >= 11 is 0. The minimum Gasteiger partial charge on any atom is -0.311 e. The Morgan fingerprint density at radius 3 is 2.58 bits per heavy atom. The van der Waals surface area contributed by atoms with Gasteiger partial charge in [-0.25, -0.2) is 13.1 Å². The zero-order chi connectivity index (χ0) is 16.9. The molecular weight excluding hydrogens is 324 g/mol. The summed E-state index contributed by atoms with van der Waals surface area (Å²) in [4.78, 5) is 14.1. The van der Waals surface area contributed by atoms with Gasteiger partial charge < -0.3 is 4.90 Å². The van der Waals surface area contributed by atoms with Crippen molar-refractivity contribution in [3.63, 3.8) is 0 Å². The number of amides is 1. The largest absolute Gasteiger partial charge is 0.311 e. The normalized spacial score (nSPS) is 18.5. The van der Waals surface area contributed by atoms with Crippen LogP contribution in [0, 0.1) is 0 Å². The highest BCUT2D eigenvalue weighted by Gasteiger charge is 2.30. The summed E-state index contributed by atoms with van der Waals surface area (Å²) in [5.74, 6) is -0.0922. The third kappa shape index (κ3) is 2.32. The standard InChI is InChI=1S/C18H20N2O3S/c1-20-15-10-11-16(13-8-5-9-14(17(13)15)18(20)21)24(22,23)19-12-6-3-2-4-7-12/h5,8-12,19H,2-4,6-7H2,1H3. The van der Waals surface area contributed by atoms with Gasteiger partial charge in [0.25, 0.3) is 5.91 Å². The number of benzene rings is 2. The van der Waals surface area contributed by atoms with E-state index in [0.717, 1.165) is 36.8 Å². The molecule has 2 aromatic rings. The van der Waals surface area contributed by atoms with E-state index in [0.29, 0.717) is 10.9 Å². The van der Waals surface area contributed by atoms with E-state index in [1.807, 2.05) is 0 Å². The second-order valence-electron chi connectivity index (χ2n) is 6.63. The Labute approximate surface area is 141 Å². The first-order valence-corrected chi connectivity index (χ1v) is 9.83. The predicted molar refractivity (Wildman–Crippen MR) is 93.9 cm³/mol. The van der Waals surface area contributed by atoms with Gasteiger partial charge in [0.15, 0.2) is 0 Å². The summed E-state index contributed by atoms with van der Waals surface area (Å²) in [7, 11) is -1.89. The highest BCUT2D eigenvalue weighted by atomic mass is 32.2. The quantitative estimate of drug-likeness (QED) is 0.931. The van der Waals surface area contributed by atoms with Gasteiger partial charge in [-0.3, -0.25) is 4.79 Å². The molecule has 4 rings (SSSR count). The molecule has 0 radical (unpaired) electrons. The van der Waals surface area contributed by atoms with Crippen molar-refractivity contribution in [2.75, 3.05) is 11.9 Å². The third-order valence-corrected chi connectivity index (χ3v) is 6.67. The monoisotopic (exact) mass is 344 g/mol. The molecule has 1 N–H and O–H groups in total. The van der Waals surface area contributed by atoms with Crippen LogP contribution in [0.25, 0.3) is 10.8 Å². The molecule has 0 bridgehead atoms. The van der Waals surface area contributed by atoms with Crippen LogP contribution in [0.1, 0.15) is 42.5 Å². The molecule has 126 valence electrons. The van der Waals surface area contributed by atoms with Gasteiger partial charge in [-0.1, -0.05) is 31.4 Å². The lowest BCUT2D eigenvalue weighted by Crippen LogP contribution is -2.36. The zero-order valence-corrected chi connectivity index (χ0v) is 14.4. The van der Waals surface area contributed by atoms with E-state index in [4.69, 9.17) is 0 Å². The third-order valence-electron chi connectivity index (χ3n) is 5.09. The minimum atomic E-state index is -3.61. The van der Waals surface area contributed by atoms with Crippen LogP contribution in [0.5, 0.6) is 0 Å². The highest BCUT2D eigenvalue weighted by Crippen LogP contribution is 2.39. The van der Waals surface area contributed by atoms with Gasteiger partial charge >= 0.3 is 0 Å². The number of carbonyl (C=O) groups is 1. The van der Waals surface area contributed by atoms with E-state index in [1.54, 1.807) is 42.3 Å². The Hall–Kier alpha value is -1.92. The van der Waals surface area contributed by atoms with Crippen molar-refractivity contribution < 1.29 is 13.2 Å². The number of carbonyl (C=O) groups excluding carboxylic acids is 1. The van der Waals surface area contributed by atoms with Crippen molar-refractivity contribution >= 4 is 32.4 Å². The van der Waals surface area contributed by atoms with E-state index in [-0.39, 0.29) is 16.8 Å². The van der Waals surface area contributed by atoms with Crippen LogP contribution in [0.3, 0.4) is 0 Å². The topological polar surface area (TPSA) is 66.5 Å². The predicted octanol–water partition coefficient (Wildman–Crippen LogP) is 3.04. The Bertz CT molecular complexity index is 931. The summed E-state index contributed by atoms with van der Waals surface area (Å²) in [5.41, 5.74) is 1.34. The number of nitrogens with one attached hydrogen (secondary N) is 1. The van der Waals surface area contributed by atoms with Crippen molar-refractivity contribution in [3.8, 4) is 0 Å². The fraction of sp³-hybridized carbons (Fsp3) is 0.389. The molecule has 1 amide bonds. The molecular formula is C18H20N2O3S. The van der Waals surface area contributed by atoms with E-state index in [2.05, 4.69) is 4.72 Å². The first kappa shape index (κ1) is 15.6. The smallest absolute Gasteiger partial charge is 0.258 e. The molecule has 0 spiro atoms. The maximum Gasteiger partial charge on any atom is 0.258 e. The summed E-state index contributed by atoms with van der Waals surface area (Å²) in [6, 6.07) is 8.63. The Kier molecular flexibility index (Phi) is 3.62. The van der Waals surface area contributed by atoms with Crippen LogP contribution in [0.4, 0.5) is 5.69 Å². The zero-order valence-electron chi connectivity index (χ0n) is 13.6. The number of anilines is 1. The van der Waals surface area contributed by atoms with Gasteiger partial charge in [-0.2, -0.15) is 0 Å². The minimum absolute atomic E-state index is 0.0103. The van der Waals surface area contributed by atoms with Gasteiger partial charge in [-0.05, 0) is 31.0 Å². The maximum absolute atomic E-state index is 12.9. The second-order valence-corrected chi connectivity index (χ2v) is 8.31. The van der Waals surface area contributed by atoms with E-state index >= 15 is 0 Å². The molecule has 0 unspecified atom stereocenters. The van der Waals surface area contributed by atoms with Crippen LogP contribution in [-0.2, 0) is 10.0 Å². The van der Waals surface area contributed by atoms with E-state index < -0.39 is 10.0 Å². The molecule has 6 heteroatoms. The lowest BCUT2D eigenvalue weighted by atomic mass is 9.96. The summed E-state index contributed by atoms with van der Waals surface area (Å²) in [6.45, 7) is 0. The van der Waals surface area contributed by atoms with Crippen LogP contribution < -0.4 is 9.62 Å². The summed E-state index contributed by atoms with van der Waals surface area (Å²) < 4.78 is 28.7. The lowest BCUT2D eigenvalue weighted by molar-refractivity contribution is 0.0999. The summed E-state index contributed by atoms with van der Waals surface area (Å²) in [5, 5.41) is 1.35. The average molecular weight is 344 g/mol. The molecule has 1 fully saturated rings. The number of rotatable bonds is 3. The Morgan fingerprint density at radius 2 is 1.83 bits per heavy atom. The number of hydrogen-bond donors (Lipinski definition) is 1. The Balaban J connectivity index is 1.82. The van der Waals surface area contributed by atoms with E-state index in [9.17, 15) is 13.2 Å². The van der Waals surface area contributed by atoms with Gasteiger partial charge in [0.2, 0.25) is 10.0 Å². The van der Waals surface area contributed by atoms with E-state index in [1.165, 1.54) is 6.42 Å². The van der Waals surface area contributed by atoms with Crippen LogP contribution >= 0.6 is 0 Å². The van der Waals surface area contributed by atoms with Crippen LogP contribution in [-0.4, -0.2) is 27.4 Å². The lowest BCUT2D eigenvalue weighted by Gasteiger charge is -2.23. The highest BCUT2D eigenvalue weighted by molar-refractivity contribution is 7.89. The SMILES string of the molecule is CN1C(=O)c2cccc3c(S(=O)(=O)NC4CCCCC4)ccc1c23. The molecule has 1 saturated carbocycles. The van der Waals surface area contributed by atoms with Gasteiger partial charge in [-0.15, -0.1) is 0 Å². The molecule has 2 aromatic carbocycles. The fourth-order valence-corrected chi connectivity index (χ4v) is 5.36. The molecule has 0 aromatic heterocycles. The molecule has 1 heterocycles.